The Morgan fingerprint density at radius 1 is 1.53 bits per heavy atom. The van der Waals surface area contributed by atoms with Crippen LogP contribution in [0, 0.1) is 12.8 Å². The normalized spacial score (nSPS) is 16.6. The lowest BCUT2D eigenvalue weighted by Gasteiger charge is -2.27. The molecule has 1 unspecified atom stereocenters. The molecule has 0 spiro atoms. The summed E-state index contributed by atoms with van der Waals surface area (Å²) in [4.78, 5) is 11.9. The van der Waals surface area contributed by atoms with Crippen LogP contribution in [-0.2, 0) is 4.79 Å². The van der Waals surface area contributed by atoms with Crippen molar-refractivity contribution in [2.75, 3.05) is 20.2 Å². The molecule has 1 amide bonds. The van der Waals surface area contributed by atoms with Gasteiger partial charge >= 0.3 is 0 Å². The van der Waals surface area contributed by atoms with E-state index in [2.05, 4.69) is 16.7 Å². The van der Waals surface area contributed by atoms with Crippen LogP contribution in [-0.4, -0.2) is 26.1 Å². The SMILES string of the molecule is COc1ccc(C)cc1C(C)NC(=O)CC1CNC1. The molecule has 1 fully saturated rings. The van der Waals surface area contributed by atoms with Crippen molar-refractivity contribution in [3.05, 3.63) is 29.3 Å². The Bertz CT molecular complexity index is 455. The number of amides is 1. The third kappa shape index (κ3) is 3.47. The third-order valence-electron chi connectivity index (χ3n) is 3.57. The maximum atomic E-state index is 11.9. The van der Waals surface area contributed by atoms with Crippen LogP contribution in [0.25, 0.3) is 0 Å². The lowest BCUT2D eigenvalue weighted by atomic mass is 9.98. The second kappa shape index (κ2) is 6.06. The Hall–Kier alpha value is -1.55. The fraction of sp³-hybridized carbons (Fsp3) is 0.533. The maximum absolute atomic E-state index is 11.9. The Morgan fingerprint density at radius 2 is 2.26 bits per heavy atom. The number of benzene rings is 1. The van der Waals surface area contributed by atoms with Gasteiger partial charge in [0.15, 0.2) is 0 Å². The number of carbonyl (C=O) groups excluding carboxylic acids is 1. The molecule has 4 heteroatoms. The van der Waals surface area contributed by atoms with Gasteiger partial charge in [-0.05, 0) is 38.9 Å². The van der Waals surface area contributed by atoms with E-state index in [0.29, 0.717) is 12.3 Å². The van der Waals surface area contributed by atoms with E-state index in [1.165, 1.54) is 5.56 Å². The van der Waals surface area contributed by atoms with Crippen LogP contribution in [0.15, 0.2) is 18.2 Å². The molecule has 104 valence electrons. The van der Waals surface area contributed by atoms with Crippen molar-refractivity contribution in [3.63, 3.8) is 0 Å². The van der Waals surface area contributed by atoms with E-state index in [1.54, 1.807) is 7.11 Å². The van der Waals surface area contributed by atoms with E-state index in [4.69, 9.17) is 4.74 Å². The third-order valence-corrected chi connectivity index (χ3v) is 3.57. The lowest BCUT2D eigenvalue weighted by molar-refractivity contribution is -0.123. The van der Waals surface area contributed by atoms with Crippen LogP contribution in [0.1, 0.15) is 30.5 Å². The molecule has 2 rings (SSSR count). The van der Waals surface area contributed by atoms with Gasteiger partial charge in [0.25, 0.3) is 0 Å². The monoisotopic (exact) mass is 262 g/mol. The number of methoxy groups -OCH3 is 1. The quantitative estimate of drug-likeness (QED) is 0.850. The summed E-state index contributed by atoms with van der Waals surface area (Å²) in [5, 5.41) is 6.23. The van der Waals surface area contributed by atoms with Crippen molar-refractivity contribution in [2.45, 2.75) is 26.3 Å². The van der Waals surface area contributed by atoms with Crippen molar-refractivity contribution in [1.29, 1.82) is 0 Å². The Labute approximate surface area is 114 Å². The van der Waals surface area contributed by atoms with Crippen molar-refractivity contribution < 1.29 is 9.53 Å². The van der Waals surface area contributed by atoms with Gasteiger partial charge < -0.3 is 15.4 Å². The number of rotatable bonds is 5. The molecule has 0 aliphatic carbocycles. The molecule has 0 aromatic heterocycles. The first-order valence-corrected chi connectivity index (χ1v) is 6.74. The van der Waals surface area contributed by atoms with E-state index in [-0.39, 0.29) is 11.9 Å². The molecule has 0 radical (unpaired) electrons. The van der Waals surface area contributed by atoms with Gasteiger partial charge in [0.1, 0.15) is 5.75 Å². The summed E-state index contributed by atoms with van der Waals surface area (Å²) in [7, 11) is 1.66. The summed E-state index contributed by atoms with van der Waals surface area (Å²) >= 11 is 0. The van der Waals surface area contributed by atoms with Crippen molar-refractivity contribution in [1.82, 2.24) is 10.6 Å². The average Bonchev–Trinajstić information content (AvgIpc) is 2.33. The van der Waals surface area contributed by atoms with Gasteiger partial charge in [0.2, 0.25) is 5.91 Å². The minimum absolute atomic E-state index is 0.0321. The number of carbonyl (C=O) groups is 1. The average molecular weight is 262 g/mol. The van der Waals surface area contributed by atoms with Gasteiger partial charge in [0, 0.05) is 12.0 Å². The molecule has 1 aromatic rings. The molecule has 1 saturated heterocycles. The number of ether oxygens (including phenoxy) is 1. The van der Waals surface area contributed by atoms with E-state index in [9.17, 15) is 4.79 Å². The minimum atomic E-state index is -0.0321. The van der Waals surface area contributed by atoms with Gasteiger partial charge in [-0.1, -0.05) is 17.7 Å². The molecule has 4 nitrogen and oxygen atoms in total. The first-order chi connectivity index (χ1) is 9.10. The standard InChI is InChI=1S/C15H22N2O2/c1-10-4-5-14(19-3)13(6-10)11(2)17-15(18)7-12-8-16-9-12/h4-6,11-12,16H,7-9H2,1-3H3,(H,17,18). The van der Waals surface area contributed by atoms with Gasteiger partial charge in [-0.25, -0.2) is 0 Å². The van der Waals surface area contributed by atoms with Gasteiger partial charge in [-0.2, -0.15) is 0 Å². The van der Waals surface area contributed by atoms with Gasteiger partial charge in [-0.3, -0.25) is 4.79 Å². The van der Waals surface area contributed by atoms with E-state index >= 15 is 0 Å². The van der Waals surface area contributed by atoms with Crippen molar-refractivity contribution >= 4 is 5.91 Å². The van der Waals surface area contributed by atoms with Crippen molar-refractivity contribution in [2.24, 2.45) is 5.92 Å². The maximum Gasteiger partial charge on any atom is 0.220 e. The number of hydrogen-bond donors (Lipinski definition) is 2. The smallest absolute Gasteiger partial charge is 0.220 e. The minimum Gasteiger partial charge on any atom is -0.496 e. The first kappa shape index (κ1) is 13.9. The summed E-state index contributed by atoms with van der Waals surface area (Å²) in [5.74, 6) is 1.43. The number of nitrogens with one attached hydrogen (secondary N) is 2. The molecule has 0 saturated carbocycles. The highest BCUT2D eigenvalue weighted by atomic mass is 16.5. The van der Waals surface area contributed by atoms with Crippen LogP contribution in [0.5, 0.6) is 5.75 Å². The molecular weight excluding hydrogens is 240 g/mol. The van der Waals surface area contributed by atoms with Crippen LogP contribution < -0.4 is 15.4 Å². The molecule has 1 aliphatic heterocycles. The van der Waals surface area contributed by atoms with Crippen molar-refractivity contribution in [3.8, 4) is 5.75 Å². The largest absolute Gasteiger partial charge is 0.496 e. The molecule has 2 N–H and O–H groups in total. The molecule has 1 heterocycles. The summed E-state index contributed by atoms with van der Waals surface area (Å²) < 4.78 is 5.36. The predicted octanol–water partition coefficient (Wildman–Crippen LogP) is 1.79. The van der Waals surface area contributed by atoms with Crippen LogP contribution >= 0.6 is 0 Å². The summed E-state index contributed by atoms with van der Waals surface area (Å²) in [5.41, 5.74) is 2.20. The Morgan fingerprint density at radius 3 is 2.84 bits per heavy atom. The zero-order chi connectivity index (χ0) is 13.8. The fourth-order valence-corrected chi connectivity index (χ4v) is 2.33. The highest BCUT2D eigenvalue weighted by Crippen LogP contribution is 2.26. The fourth-order valence-electron chi connectivity index (χ4n) is 2.33. The summed E-state index contributed by atoms with van der Waals surface area (Å²) in [6, 6.07) is 5.99. The van der Waals surface area contributed by atoms with Crippen LogP contribution in [0.3, 0.4) is 0 Å². The Balaban J connectivity index is 1.99. The first-order valence-electron chi connectivity index (χ1n) is 6.74. The van der Waals surface area contributed by atoms with Gasteiger partial charge in [0.05, 0.1) is 13.2 Å². The van der Waals surface area contributed by atoms with E-state index in [0.717, 1.165) is 24.4 Å². The zero-order valence-corrected chi connectivity index (χ0v) is 11.8. The van der Waals surface area contributed by atoms with Gasteiger partial charge in [-0.15, -0.1) is 0 Å². The lowest BCUT2D eigenvalue weighted by Crippen LogP contribution is -2.44. The van der Waals surface area contributed by atoms with E-state index < -0.39 is 0 Å². The number of hydrogen-bond acceptors (Lipinski definition) is 3. The number of aryl methyl sites for hydroxylation is 1. The topological polar surface area (TPSA) is 50.4 Å². The molecular formula is C15H22N2O2. The second-order valence-corrected chi connectivity index (χ2v) is 5.26. The van der Waals surface area contributed by atoms with Crippen LogP contribution in [0.2, 0.25) is 0 Å². The molecule has 1 atom stereocenters. The Kier molecular flexibility index (Phi) is 4.43. The summed E-state index contributed by atoms with van der Waals surface area (Å²) in [6.45, 7) is 5.94. The molecule has 0 bridgehead atoms. The highest BCUT2D eigenvalue weighted by Gasteiger charge is 2.21. The summed E-state index contributed by atoms with van der Waals surface area (Å²) in [6.07, 6.45) is 0.603. The molecule has 1 aliphatic rings. The molecule has 1 aromatic carbocycles. The molecule has 19 heavy (non-hydrogen) atoms. The zero-order valence-electron chi connectivity index (χ0n) is 11.8. The highest BCUT2D eigenvalue weighted by molar-refractivity contribution is 5.77. The van der Waals surface area contributed by atoms with Crippen LogP contribution in [0.4, 0.5) is 0 Å². The predicted molar refractivity (Wildman–Crippen MR) is 75.3 cm³/mol. The second-order valence-electron chi connectivity index (χ2n) is 5.26. The van der Waals surface area contributed by atoms with E-state index in [1.807, 2.05) is 26.0 Å².